The van der Waals surface area contributed by atoms with E-state index in [4.69, 9.17) is 27.4 Å². The third-order valence-corrected chi connectivity index (χ3v) is 7.08. The van der Waals surface area contributed by atoms with Gasteiger partial charge in [-0.2, -0.15) is 13.7 Å². The van der Waals surface area contributed by atoms with Crippen LogP contribution in [0.2, 0.25) is 10.0 Å². The Kier molecular flexibility index (Phi) is 7.32. The first kappa shape index (κ1) is 25.3. The Bertz CT molecular complexity index is 1660. The summed E-state index contributed by atoms with van der Waals surface area (Å²) in [6.07, 6.45) is 1.29. The minimum absolute atomic E-state index is 0.0231. The highest BCUT2D eigenvalue weighted by molar-refractivity contribution is 7.87. The standard InChI is InChI=1S/C27H18Cl2N2O4S/c1-17-6-10-21(11-7-17)36(33,34)35-26-13-8-18-4-2-3-5-22(18)23(26)14-19(16-30)27(32)31-25-15-20(28)9-12-24(25)29/h2-15H,1H3,(H,31,32)/b19-14+. The number of hydrogen-bond acceptors (Lipinski definition) is 5. The van der Waals surface area contributed by atoms with Gasteiger partial charge in [0, 0.05) is 10.6 Å². The van der Waals surface area contributed by atoms with Crippen LogP contribution in [-0.2, 0) is 14.9 Å². The Hall–Kier alpha value is -3.83. The molecular weight excluding hydrogens is 519 g/mol. The molecule has 36 heavy (non-hydrogen) atoms. The average molecular weight is 537 g/mol. The third kappa shape index (κ3) is 5.52. The molecular formula is C27H18Cl2N2O4S. The Morgan fingerprint density at radius 3 is 2.44 bits per heavy atom. The highest BCUT2D eigenvalue weighted by atomic mass is 35.5. The van der Waals surface area contributed by atoms with Crippen LogP contribution in [0.15, 0.2) is 89.3 Å². The van der Waals surface area contributed by atoms with E-state index in [9.17, 15) is 18.5 Å². The minimum atomic E-state index is -4.19. The number of hydrogen-bond donors (Lipinski definition) is 1. The van der Waals surface area contributed by atoms with Crippen molar-refractivity contribution in [2.75, 3.05) is 5.32 Å². The van der Waals surface area contributed by atoms with E-state index in [1.54, 1.807) is 36.4 Å². The van der Waals surface area contributed by atoms with Gasteiger partial charge in [0.25, 0.3) is 5.91 Å². The molecule has 6 nitrogen and oxygen atoms in total. The van der Waals surface area contributed by atoms with Crippen molar-refractivity contribution in [3.05, 3.63) is 106 Å². The number of amides is 1. The van der Waals surface area contributed by atoms with Crippen molar-refractivity contribution < 1.29 is 17.4 Å². The largest absolute Gasteiger partial charge is 0.378 e. The zero-order valence-corrected chi connectivity index (χ0v) is 21.2. The predicted octanol–water partition coefficient (Wildman–Crippen LogP) is 6.77. The number of carbonyl (C=O) groups excluding carboxylic acids is 1. The second kappa shape index (κ2) is 10.4. The summed E-state index contributed by atoms with van der Waals surface area (Å²) in [6, 6.07) is 23.0. The number of nitriles is 1. The van der Waals surface area contributed by atoms with Gasteiger partial charge < -0.3 is 9.50 Å². The lowest BCUT2D eigenvalue weighted by atomic mass is 10.0. The Labute approximate surface area is 218 Å². The molecule has 0 fully saturated rings. The summed E-state index contributed by atoms with van der Waals surface area (Å²) in [5, 5.41) is 14.3. The van der Waals surface area contributed by atoms with Crippen LogP contribution in [-0.4, -0.2) is 14.3 Å². The van der Waals surface area contributed by atoms with E-state index in [2.05, 4.69) is 5.32 Å². The highest BCUT2D eigenvalue weighted by Crippen LogP contribution is 2.33. The van der Waals surface area contributed by atoms with Gasteiger partial charge in [0.1, 0.15) is 16.5 Å². The average Bonchev–Trinajstić information content (AvgIpc) is 2.85. The van der Waals surface area contributed by atoms with E-state index in [1.165, 1.54) is 36.4 Å². The highest BCUT2D eigenvalue weighted by Gasteiger charge is 2.21. The molecule has 0 heterocycles. The normalized spacial score (nSPS) is 11.7. The molecule has 9 heteroatoms. The van der Waals surface area contributed by atoms with Gasteiger partial charge in [-0.05, 0) is 60.2 Å². The fourth-order valence-corrected chi connectivity index (χ4v) is 4.73. The molecule has 1 N–H and O–H groups in total. The molecule has 0 aliphatic heterocycles. The van der Waals surface area contributed by atoms with Crippen molar-refractivity contribution >= 4 is 61.8 Å². The summed E-state index contributed by atoms with van der Waals surface area (Å²) in [4.78, 5) is 12.9. The van der Waals surface area contributed by atoms with Crippen molar-refractivity contribution in [1.82, 2.24) is 0 Å². The number of carbonyl (C=O) groups is 1. The molecule has 4 rings (SSSR count). The first-order chi connectivity index (χ1) is 17.2. The first-order valence-electron chi connectivity index (χ1n) is 10.6. The second-order valence-electron chi connectivity index (χ2n) is 7.80. The van der Waals surface area contributed by atoms with Gasteiger partial charge in [-0.15, -0.1) is 0 Å². The summed E-state index contributed by atoms with van der Waals surface area (Å²) < 4.78 is 31.5. The molecule has 0 unspecified atom stereocenters. The molecule has 0 aliphatic carbocycles. The monoisotopic (exact) mass is 536 g/mol. The molecule has 0 saturated heterocycles. The summed E-state index contributed by atoms with van der Waals surface area (Å²) in [5.41, 5.74) is 1.09. The van der Waals surface area contributed by atoms with Gasteiger partial charge in [-0.25, -0.2) is 0 Å². The maximum atomic E-state index is 13.0. The van der Waals surface area contributed by atoms with Crippen molar-refractivity contribution in [1.29, 1.82) is 5.26 Å². The Morgan fingerprint density at radius 1 is 1.00 bits per heavy atom. The summed E-state index contributed by atoms with van der Waals surface area (Å²) in [5.74, 6) is -0.780. The van der Waals surface area contributed by atoms with Gasteiger partial charge in [-0.1, -0.05) is 71.2 Å². The smallest absolute Gasteiger partial charge is 0.339 e. The predicted molar refractivity (Wildman–Crippen MR) is 142 cm³/mol. The molecule has 1 amide bonds. The van der Waals surface area contributed by atoms with Crippen LogP contribution in [0.4, 0.5) is 5.69 Å². The van der Waals surface area contributed by atoms with E-state index in [-0.39, 0.29) is 32.5 Å². The Morgan fingerprint density at radius 2 is 1.72 bits per heavy atom. The topological polar surface area (TPSA) is 96.3 Å². The summed E-state index contributed by atoms with van der Waals surface area (Å²) in [6.45, 7) is 1.84. The molecule has 0 bridgehead atoms. The van der Waals surface area contributed by atoms with Gasteiger partial charge in [0.15, 0.2) is 5.75 Å². The van der Waals surface area contributed by atoms with E-state index in [0.717, 1.165) is 10.9 Å². The van der Waals surface area contributed by atoms with Crippen molar-refractivity contribution in [3.63, 3.8) is 0 Å². The maximum absolute atomic E-state index is 13.0. The molecule has 0 atom stereocenters. The number of nitrogens with one attached hydrogen (secondary N) is 1. The second-order valence-corrected chi connectivity index (χ2v) is 10.2. The van der Waals surface area contributed by atoms with Gasteiger partial charge in [0.05, 0.1) is 10.7 Å². The van der Waals surface area contributed by atoms with Crippen LogP contribution < -0.4 is 9.50 Å². The Balaban J connectivity index is 1.79. The summed E-state index contributed by atoms with van der Waals surface area (Å²) >= 11 is 12.1. The van der Waals surface area contributed by atoms with Crippen LogP contribution in [0.1, 0.15) is 11.1 Å². The lowest BCUT2D eigenvalue weighted by Crippen LogP contribution is -2.14. The fraction of sp³-hybridized carbons (Fsp3) is 0.0370. The van der Waals surface area contributed by atoms with Crippen LogP contribution in [0.3, 0.4) is 0 Å². The SMILES string of the molecule is Cc1ccc(S(=O)(=O)Oc2ccc3ccccc3c2/C=C(\C#N)C(=O)Nc2cc(Cl)ccc2Cl)cc1. The van der Waals surface area contributed by atoms with Crippen LogP contribution in [0.25, 0.3) is 16.8 Å². The molecule has 180 valence electrons. The third-order valence-electron chi connectivity index (χ3n) is 5.27. The number of halogens is 2. The summed E-state index contributed by atoms with van der Waals surface area (Å²) in [7, 11) is -4.19. The first-order valence-corrected chi connectivity index (χ1v) is 12.8. The molecule has 4 aromatic carbocycles. The van der Waals surface area contributed by atoms with Crippen LogP contribution in [0, 0.1) is 18.3 Å². The maximum Gasteiger partial charge on any atom is 0.339 e. The van der Waals surface area contributed by atoms with Crippen LogP contribution >= 0.6 is 23.2 Å². The van der Waals surface area contributed by atoms with E-state index in [1.807, 2.05) is 25.1 Å². The zero-order chi connectivity index (χ0) is 25.9. The fourth-order valence-electron chi connectivity index (χ4n) is 3.44. The molecule has 0 aromatic heterocycles. The molecule has 0 radical (unpaired) electrons. The van der Waals surface area contributed by atoms with Gasteiger partial charge in [-0.3, -0.25) is 4.79 Å². The van der Waals surface area contributed by atoms with E-state index >= 15 is 0 Å². The number of benzene rings is 4. The number of aryl methyl sites for hydroxylation is 1. The number of nitrogens with zero attached hydrogens (tertiary/aromatic N) is 1. The molecule has 0 aliphatic rings. The number of rotatable bonds is 6. The van der Waals surface area contributed by atoms with Gasteiger partial charge >= 0.3 is 10.1 Å². The van der Waals surface area contributed by atoms with Gasteiger partial charge in [0.2, 0.25) is 0 Å². The molecule has 0 spiro atoms. The molecule has 0 saturated carbocycles. The lowest BCUT2D eigenvalue weighted by Gasteiger charge is -2.13. The lowest BCUT2D eigenvalue weighted by molar-refractivity contribution is -0.112. The quantitative estimate of drug-likeness (QED) is 0.166. The van der Waals surface area contributed by atoms with Crippen LogP contribution in [0.5, 0.6) is 5.75 Å². The van der Waals surface area contributed by atoms with Crippen molar-refractivity contribution in [3.8, 4) is 11.8 Å². The van der Waals surface area contributed by atoms with E-state index in [0.29, 0.717) is 10.4 Å². The van der Waals surface area contributed by atoms with Crippen molar-refractivity contribution in [2.24, 2.45) is 0 Å². The minimum Gasteiger partial charge on any atom is -0.378 e. The number of anilines is 1. The molecule has 4 aromatic rings. The number of fused-ring (bicyclic) bond motifs is 1. The van der Waals surface area contributed by atoms with E-state index < -0.39 is 16.0 Å². The zero-order valence-electron chi connectivity index (χ0n) is 18.8. The van der Waals surface area contributed by atoms with Crippen molar-refractivity contribution in [2.45, 2.75) is 11.8 Å².